The number of hydrogen-bond donors (Lipinski definition) is 0. The minimum atomic E-state index is 0.240. The zero-order chi connectivity index (χ0) is 23.0. The third-order valence-corrected chi connectivity index (χ3v) is 4.02. The summed E-state index contributed by atoms with van der Waals surface area (Å²) in [6.07, 6.45) is 0.240. The van der Waals surface area contributed by atoms with Gasteiger partial charge in [0, 0.05) is 0 Å². The van der Waals surface area contributed by atoms with Crippen LogP contribution in [0.3, 0.4) is 0 Å². The van der Waals surface area contributed by atoms with E-state index in [9.17, 15) is 0 Å². The monoisotopic (exact) mass is 458 g/mol. The lowest BCUT2D eigenvalue weighted by atomic mass is 10.2. The van der Waals surface area contributed by atoms with Crippen molar-refractivity contribution in [2.45, 2.75) is 26.6 Å². The van der Waals surface area contributed by atoms with Gasteiger partial charge in [-0.2, -0.15) is 0 Å². The van der Waals surface area contributed by atoms with Crippen molar-refractivity contribution in [3.63, 3.8) is 0 Å². The molecular formula is C24H42O8. The van der Waals surface area contributed by atoms with Crippen molar-refractivity contribution in [1.82, 2.24) is 0 Å². The van der Waals surface area contributed by atoms with Crippen LogP contribution in [0.4, 0.5) is 0 Å². The van der Waals surface area contributed by atoms with Gasteiger partial charge in [0.25, 0.3) is 0 Å². The average Bonchev–Trinajstić information content (AvgIpc) is 2.80. The van der Waals surface area contributed by atoms with Crippen LogP contribution in [0.5, 0.6) is 0 Å². The van der Waals surface area contributed by atoms with Crippen molar-refractivity contribution in [3.05, 3.63) is 35.9 Å². The third kappa shape index (κ3) is 20.8. The molecule has 0 N–H and O–H groups in total. The van der Waals surface area contributed by atoms with Crippen molar-refractivity contribution >= 4 is 0 Å². The van der Waals surface area contributed by atoms with Crippen LogP contribution in [0.15, 0.2) is 30.3 Å². The second kappa shape index (κ2) is 23.1. The Morgan fingerprint density at radius 1 is 0.469 bits per heavy atom. The summed E-state index contributed by atoms with van der Waals surface area (Å²) in [5.41, 5.74) is 1.17. The van der Waals surface area contributed by atoms with E-state index < -0.39 is 0 Å². The molecule has 1 aromatic rings. The van der Waals surface area contributed by atoms with Gasteiger partial charge in [0.1, 0.15) is 0 Å². The van der Waals surface area contributed by atoms with Crippen molar-refractivity contribution in [1.29, 1.82) is 0 Å². The Bertz CT molecular complexity index is 486. The lowest BCUT2D eigenvalue weighted by molar-refractivity contribution is -0.0259. The van der Waals surface area contributed by atoms with E-state index in [0.29, 0.717) is 99.1 Å². The molecule has 0 spiro atoms. The van der Waals surface area contributed by atoms with E-state index >= 15 is 0 Å². The SMILES string of the molecule is CC(C)OCCOCCOCCOCCOCCOCCOCCOCc1ccccc1. The zero-order valence-corrected chi connectivity index (χ0v) is 19.8. The van der Waals surface area contributed by atoms with Crippen molar-refractivity contribution in [3.8, 4) is 0 Å². The highest BCUT2D eigenvalue weighted by atomic mass is 16.6. The van der Waals surface area contributed by atoms with Gasteiger partial charge in [-0.25, -0.2) is 0 Å². The highest BCUT2D eigenvalue weighted by Crippen LogP contribution is 2.00. The summed E-state index contributed by atoms with van der Waals surface area (Å²) < 4.78 is 43.6. The number of rotatable bonds is 24. The van der Waals surface area contributed by atoms with E-state index in [4.69, 9.17) is 37.9 Å². The van der Waals surface area contributed by atoms with Gasteiger partial charge >= 0.3 is 0 Å². The minimum absolute atomic E-state index is 0.240. The Kier molecular flexibility index (Phi) is 20.9. The fourth-order valence-electron chi connectivity index (χ4n) is 2.43. The molecule has 8 nitrogen and oxygen atoms in total. The lowest BCUT2D eigenvalue weighted by Gasteiger charge is -2.09. The maximum Gasteiger partial charge on any atom is 0.0718 e. The summed E-state index contributed by atoms with van der Waals surface area (Å²) in [5.74, 6) is 0. The van der Waals surface area contributed by atoms with Crippen molar-refractivity contribution in [2.24, 2.45) is 0 Å². The molecule has 0 aliphatic carbocycles. The summed E-state index contributed by atoms with van der Waals surface area (Å²) in [6.45, 7) is 12.4. The van der Waals surface area contributed by atoms with Gasteiger partial charge < -0.3 is 37.9 Å². The van der Waals surface area contributed by atoms with Crippen LogP contribution in [0, 0.1) is 0 Å². The van der Waals surface area contributed by atoms with Crippen LogP contribution in [0.2, 0.25) is 0 Å². The molecule has 0 radical (unpaired) electrons. The minimum Gasteiger partial charge on any atom is -0.377 e. The summed E-state index contributed by atoms with van der Waals surface area (Å²) in [6, 6.07) is 10.1. The number of benzene rings is 1. The quantitative estimate of drug-likeness (QED) is 0.219. The van der Waals surface area contributed by atoms with Crippen LogP contribution >= 0.6 is 0 Å². The first-order valence-electron chi connectivity index (χ1n) is 11.5. The van der Waals surface area contributed by atoms with Gasteiger partial charge in [0.15, 0.2) is 0 Å². The largest absolute Gasteiger partial charge is 0.377 e. The van der Waals surface area contributed by atoms with Gasteiger partial charge in [0.05, 0.1) is 105 Å². The van der Waals surface area contributed by atoms with Crippen LogP contribution in [0.25, 0.3) is 0 Å². The van der Waals surface area contributed by atoms with E-state index in [1.165, 1.54) is 5.56 Å². The highest BCUT2D eigenvalue weighted by Gasteiger charge is 1.96. The van der Waals surface area contributed by atoms with Gasteiger partial charge in [-0.05, 0) is 19.4 Å². The Labute approximate surface area is 193 Å². The first-order chi connectivity index (χ1) is 15.8. The Morgan fingerprint density at radius 2 is 0.812 bits per heavy atom. The molecule has 8 heteroatoms. The normalized spacial score (nSPS) is 11.5. The van der Waals surface area contributed by atoms with E-state index in [2.05, 4.69) is 0 Å². The molecule has 0 unspecified atom stereocenters. The van der Waals surface area contributed by atoms with E-state index in [0.717, 1.165) is 0 Å². The Morgan fingerprint density at radius 3 is 1.19 bits per heavy atom. The molecule has 0 saturated carbocycles. The fraction of sp³-hybridized carbons (Fsp3) is 0.750. The molecule has 0 fully saturated rings. The number of ether oxygens (including phenoxy) is 8. The summed E-state index contributed by atoms with van der Waals surface area (Å²) in [5, 5.41) is 0. The Hall–Kier alpha value is -1.10. The van der Waals surface area contributed by atoms with Gasteiger partial charge in [0.2, 0.25) is 0 Å². The highest BCUT2D eigenvalue weighted by molar-refractivity contribution is 5.13. The van der Waals surface area contributed by atoms with Crippen molar-refractivity contribution in [2.75, 3.05) is 92.5 Å². The van der Waals surface area contributed by atoms with E-state index in [1.807, 2.05) is 44.2 Å². The van der Waals surface area contributed by atoms with Gasteiger partial charge in [-0.1, -0.05) is 30.3 Å². The maximum atomic E-state index is 5.55. The topological polar surface area (TPSA) is 73.8 Å². The standard InChI is InChI=1S/C24H42O8/c1-23(2)32-21-20-30-17-16-28-13-12-26-9-8-25-10-11-27-14-15-29-18-19-31-22-24-6-4-3-5-7-24/h3-7,23H,8-22H2,1-2H3. The molecule has 32 heavy (non-hydrogen) atoms. The average molecular weight is 459 g/mol. The second-order valence-corrected chi connectivity index (χ2v) is 7.13. The van der Waals surface area contributed by atoms with Gasteiger partial charge in [-0.15, -0.1) is 0 Å². The van der Waals surface area contributed by atoms with E-state index in [1.54, 1.807) is 0 Å². The molecule has 1 rings (SSSR count). The molecule has 1 aromatic carbocycles. The van der Waals surface area contributed by atoms with Crippen LogP contribution < -0.4 is 0 Å². The summed E-state index contributed by atoms with van der Waals surface area (Å²) in [7, 11) is 0. The fourth-order valence-corrected chi connectivity index (χ4v) is 2.43. The van der Waals surface area contributed by atoms with Crippen LogP contribution in [-0.2, 0) is 44.5 Å². The lowest BCUT2D eigenvalue weighted by Crippen LogP contribution is -2.15. The van der Waals surface area contributed by atoms with Crippen LogP contribution in [-0.4, -0.2) is 98.6 Å². The Balaban J connectivity index is 1.65. The molecule has 0 aliphatic heterocycles. The predicted octanol–water partition coefficient (Wildman–Crippen LogP) is 2.73. The third-order valence-electron chi connectivity index (χ3n) is 4.02. The van der Waals surface area contributed by atoms with Gasteiger partial charge in [-0.3, -0.25) is 0 Å². The maximum absolute atomic E-state index is 5.55. The van der Waals surface area contributed by atoms with Crippen LogP contribution in [0.1, 0.15) is 19.4 Å². The first-order valence-corrected chi connectivity index (χ1v) is 11.5. The molecule has 0 bridgehead atoms. The molecule has 0 heterocycles. The summed E-state index contributed by atoms with van der Waals surface area (Å²) >= 11 is 0. The molecule has 186 valence electrons. The number of hydrogen-bond acceptors (Lipinski definition) is 8. The molecule has 0 amide bonds. The van der Waals surface area contributed by atoms with E-state index in [-0.39, 0.29) is 6.10 Å². The predicted molar refractivity (Wildman–Crippen MR) is 122 cm³/mol. The molecule has 0 aliphatic rings. The molecule has 0 aromatic heterocycles. The smallest absolute Gasteiger partial charge is 0.0718 e. The molecule has 0 atom stereocenters. The van der Waals surface area contributed by atoms with Crippen molar-refractivity contribution < 1.29 is 37.9 Å². The molecular weight excluding hydrogens is 416 g/mol. The first kappa shape index (κ1) is 28.9. The zero-order valence-electron chi connectivity index (χ0n) is 19.8. The summed E-state index contributed by atoms with van der Waals surface area (Å²) in [4.78, 5) is 0. The second-order valence-electron chi connectivity index (χ2n) is 7.13. The molecule has 0 saturated heterocycles.